The molecule has 0 aliphatic rings. The molecule has 0 aromatic heterocycles. The van der Waals surface area contributed by atoms with Gasteiger partial charge < -0.3 is 14.6 Å². The van der Waals surface area contributed by atoms with Gasteiger partial charge in [-0.25, -0.2) is 12.8 Å². The average Bonchev–Trinajstić information content (AvgIpc) is 2.44. The van der Waals surface area contributed by atoms with E-state index in [1.165, 1.54) is 14.2 Å². The lowest BCUT2D eigenvalue weighted by molar-refractivity contribution is -0.139. The Morgan fingerprint density at radius 1 is 1.26 bits per heavy atom. The van der Waals surface area contributed by atoms with E-state index in [0.717, 1.165) is 12.1 Å². The van der Waals surface area contributed by atoms with Gasteiger partial charge in [-0.2, -0.15) is 4.72 Å². The Balaban J connectivity index is 3.24. The fourth-order valence-electron chi connectivity index (χ4n) is 1.96. The third-order valence-electron chi connectivity index (χ3n) is 3.03. The molecule has 0 unspecified atom stereocenters. The van der Waals surface area contributed by atoms with E-state index in [9.17, 15) is 17.6 Å². The fourth-order valence-corrected chi connectivity index (χ4v) is 3.24. The van der Waals surface area contributed by atoms with Gasteiger partial charge in [0.15, 0.2) is 11.5 Å². The van der Waals surface area contributed by atoms with Crippen molar-refractivity contribution in [3.8, 4) is 11.5 Å². The molecule has 0 bridgehead atoms. The zero-order valence-electron chi connectivity index (χ0n) is 13.3. The van der Waals surface area contributed by atoms with Crippen molar-refractivity contribution in [3.63, 3.8) is 0 Å². The number of carbonyl (C=O) groups is 1. The Hall–Kier alpha value is -1.87. The number of halogens is 1. The molecule has 0 aliphatic carbocycles. The first kappa shape index (κ1) is 19.2. The van der Waals surface area contributed by atoms with Crippen molar-refractivity contribution in [2.75, 3.05) is 14.2 Å². The molecule has 0 saturated carbocycles. The van der Waals surface area contributed by atoms with Crippen molar-refractivity contribution in [2.24, 2.45) is 5.92 Å². The second-order valence-corrected chi connectivity index (χ2v) is 6.96. The number of carboxylic acids is 1. The smallest absolute Gasteiger partial charge is 0.321 e. The standard InChI is InChI=1S/C14H20FNO6S/c1-8(2)5-10(14(17)18)16-23(19,20)13-7-12(22-4)11(21-3)6-9(13)15/h6-8,10,16H,5H2,1-4H3,(H,17,18)/t10-/m0/s1. The average molecular weight is 349 g/mol. The molecule has 1 rings (SSSR count). The molecular weight excluding hydrogens is 329 g/mol. The van der Waals surface area contributed by atoms with Crippen LogP contribution in [0.1, 0.15) is 20.3 Å². The molecule has 0 saturated heterocycles. The van der Waals surface area contributed by atoms with E-state index in [-0.39, 0.29) is 23.8 Å². The molecule has 7 nitrogen and oxygen atoms in total. The number of hydrogen-bond acceptors (Lipinski definition) is 5. The molecule has 1 aromatic rings. The lowest BCUT2D eigenvalue weighted by Crippen LogP contribution is -2.41. The maximum Gasteiger partial charge on any atom is 0.321 e. The highest BCUT2D eigenvalue weighted by molar-refractivity contribution is 7.89. The molecular formula is C14H20FNO6S. The van der Waals surface area contributed by atoms with Crippen molar-refractivity contribution in [1.82, 2.24) is 4.72 Å². The van der Waals surface area contributed by atoms with Crippen LogP contribution in [0.4, 0.5) is 4.39 Å². The van der Waals surface area contributed by atoms with Crippen LogP contribution < -0.4 is 14.2 Å². The third-order valence-corrected chi connectivity index (χ3v) is 4.52. The molecule has 0 amide bonds. The second kappa shape index (κ2) is 7.60. The van der Waals surface area contributed by atoms with E-state index in [1.54, 1.807) is 13.8 Å². The molecule has 1 aromatic carbocycles. The molecule has 23 heavy (non-hydrogen) atoms. The van der Waals surface area contributed by atoms with Crippen molar-refractivity contribution < 1.29 is 32.2 Å². The Morgan fingerprint density at radius 2 is 1.78 bits per heavy atom. The van der Waals surface area contributed by atoms with Gasteiger partial charge in [0, 0.05) is 12.1 Å². The number of aliphatic carboxylic acids is 1. The summed E-state index contributed by atoms with van der Waals surface area (Å²) in [4.78, 5) is 10.5. The summed E-state index contributed by atoms with van der Waals surface area (Å²) in [5.41, 5.74) is 0. The minimum atomic E-state index is -4.38. The van der Waals surface area contributed by atoms with Gasteiger partial charge in [-0.1, -0.05) is 13.8 Å². The van der Waals surface area contributed by atoms with Gasteiger partial charge in [0.2, 0.25) is 10.0 Å². The van der Waals surface area contributed by atoms with Crippen LogP contribution in [0.2, 0.25) is 0 Å². The van der Waals surface area contributed by atoms with E-state index in [1.807, 2.05) is 4.72 Å². The molecule has 0 aliphatic heterocycles. The van der Waals surface area contributed by atoms with Crippen LogP contribution in [0, 0.1) is 11.7 Å². The van der Waals surface area contributed by atoms with Gasteiger partial charge in [-0.05, 0) is 12.3 Å². The summed E-state index contributed by atoms with van der Waals surface area (Å²) in [5, 5.41) is 9.12. The lowest BCUT2D eigenvalue weighted by atomic mass is 10.1. The Kier molecular flexibility index (Phi) is 6.34. The number of carboxylic acid groups (broad SMARTS) is 1. The number of rotatable bonds is 8. The summed E-state index contributed by atoms with van der Waals surface area (Å²) in [6.45, 7) is 3.50. The molecule has 0 heterocycles. The van der Waals surface area contributed by atoms with Crippen LogP contribution in [-0.4, -0.2) is 39.8 Å². The highest BCUT2D eigenvalue weighted by atomic mass is 32.2. The highest BCUT2D eigenvalue weighted by Gasteiger charge is 2.29. The number of ether oxygens (including phenoxy) is 2. The minimum absolute atomic E-state index is 0.0185. The molecule has 0 fully saturated rings. The van der Waals surface area contributed by atoms with E-state index < -0.39 is 32.7 Å². The van der Waals surface area contributed by atoms with Crippen molar-refractivity contribution in [2.45, 2.75) is 31.2 Å². The number of sulfonamides is 1. The number of nitrogens with one attached hydrogen (secondary N) is 1. The van der Waals surface area contributed by atoms with Crippen LogP contribution in [0.25, 0.3) is 0 Å². The monoisotopic (exact) mass is 349 g/mol. The van der Waals surface area contributed by atoms with Crippen LogP contribution >= 0.6 is 0 Å². The van der Waals surface area contributed by atoms with Crippen LogP contribution in [0.3, 0.4) is 0 Å². The van der Waals surface area contributed by atoms with E-state index in [4.69, 9.17) is 14.6 Å². The second-order valence-electron chi connectivity index (χ2n) is 5.28. The summed E-state index contributed by atoms with van der Waals surface area (Å²) in [6, 6.07) is 0.462. The number of benzene rings is 1. The van der Waals surface area contributed by atoms with Gasteiger partial charge in [0.25, 0.3) is 0 Å². The van der Waals surface area contributed by atoms with E-state index >= 15 is 0 Å². The molecule has 2 N–H and O–H groups in total. The predicted octanol–water partition coefficient (Wildman–Crippen LogP) is 1.62. The predicted molar refractivity (Wildman–Crippen MR) is 80.7 cm³/mol. The highest BCUT2D eigenvalue weighted by Crippen LogP contribution is 2.32. The molecule has 0 radical (unpaired) electrons. The van der Waals surface area contributed by atoms with Crippen molar-refractivity contribution >= 4 is 16.0 Å². The van der Waals surface area contributed by atoms with E-state index in [2.05, 4.69) is 0 Å². The lowest BCUT2D eigenvalue weighted by Gasteiger charge is -2.17. The van der Waals surface area contributed by atoms with Crippen molar-refractivity contribution in [3.05, 3.63) is 17.9 Å². The minimum Gasteiger partial charge on any atom is -0.493 e. The summed E-state index contributed by atoms with van der Waals surface area (Å²) in [5.74, 6) is -2.41. The summed E-state index contributed by atoms with van der Waals surface area (Å²) in [6.07, 6.45) is 0.0729. The largest absolute Gasteiger partial charge is 0.493 e. The SMILES string of the molecule is COc1cc(F)c(S(=O)(=O)N[C@@H](CC(C)C)C(=O)O)cc1OC. The van der Waals surface area contributed by atoms with Gasteiger partial charge in [-0.3, -0.25) is 4.79 Å². The maximum absolute atomic E-state index is 14.1. The Morgan fingerprint density at radius 3 is 2.22 bits per heavy atom. The number of methoxy groups -OCH3 is 2. The summed E-state index contributed by atoms with van der Waals surface area (Å²) >= 11 is 0. The summed E-state index contributed by atoms with van der Waals surface area (Å²) < 4.78 is 50.5. The van der Waals surface area contributed by atoms with Crippen LogP contribution in [0.5, 0.6) is 11.5 Å². The first-order valence-electron chi connectivity index (χ1n) is 6.79. The van der Waals surface area contributed by atoms with Crippen molar-refractivity contribution in [1.29, 1.82) is 0 Å². The van der Waals surface area contributed by atoms with Gasteiger partial charge in [0.05, 0.1) is 14.2 Å². The van der Waals surface area contributed by atoms with Gasteiger partial charge in [-0.15, -0.1) is 0 Å². The molecule has 1 atom stereocenters. The molecule has 9 heteroatoms. The van der Waals surface area contributed by atoms with Crippen LogP contribution in [-0.2, 0) is 14.8 Å². The normalized spacial score (nSPS) is 13.0. The molecule has 0 spiro atoms. The van der Waals surface area contributed by atoms with E-state index in [0.29, 0.717) is 0 Å². The quantitative estimate of drug-likeness (QED) is 0.739. The Bertz CT molecular complexity index is 674. The summed E-state index contributed by atoms with van der Waals surface area (Å²) in [7, 11) is -1.82. The zero-order valence-corrected chi connectivity index (χ0v) is 14.1. The first-order chi connectivity index (χ1) is 10.6. The van der Waals surface area contributed by atoms with Gasteiger partial charge in [0.1, 0.15) is 16.8 Å². The molecule has 130 valence electrons. The fraction of sp³-hybridized carbons (Fsp3) is 0.500. The third kappa shape index (κ3) is 4.80. The Labute approximate surface area is 134 Å². The maximum atomic E-state index is 14.1. The topological polar surface area (TPSA) is 102 Å². The zero-order chi connectivity index (χ0) is 17.8. The first-order valence-corrected chi connectivity index (χ1v) is 8.27. The number of hydrogen-bond donors (Lipinski definition) is 2. The van der Waals surface area contributed by atoms with Crippen LogP contribution in [0.15, 0.2) is 17.0 Å². The van der Waals surface area contributed by atoms with Gasteiger partial charge >= 0.3 is 5.97 Å².